The molecule has 0 bridgehead atoms. The molecule has 0 radical (unpaired) electrons. The van der Waals surface area contributed by atoms with Crippen LogP contribution in [0.1, 0.15) is 23.2 Å². The van der Waals surface area contributed by atoms with Crippen LogP contribution in [-0.4, -0.2) is 39.5 Å². The first-order valence-electron chi connectivity index (χ1n) is 5.53. The highest BCUT2D eigenvalue weighted by molar-refractivity contribution is 6.20. The number of aromatic hydroxyl groups is 2. The number of alkyl halides is 1. The zero-order valence-corrected chi connectivity index (χ0v) is 10.0. The molecule has 0 saturated carbocycles. The Hall–Kier alpha value is -1.42. The van der Waals surface area contributed by atoms with Gasteiger partial charge in [-0.05, 0) is 25.0 Å². The summed E-state index contributed by atoms with van der Waals surface area (Å²) in [5, 5.41) is 18.9. The average molecular weight is 256 g/mol. The van der Waals surface area contributed by atoms with Crippen molar-refractivity contribution < 1.29 is 15.0 Å². The smallest absolute Gasteiger partial charge is 0.257 e. The molecule has 2 rings (SSSR count). The first-order chi connectivity index (χ1) is 8.08. The summed E-state index contributed by atoms with van der Waals surface area (Å²) >= 11 is 5.96. The van der Waals surface area contributed by atoms with Gasteiger partial charge in [0.05, 0.1) is 5.56 Å². The van der Waals surface area contributed by atoms with Gasteiger partial charge in [0.2, 0.25) is 0 Å². The van der Waals surface area contributed by atoms with Gasteiger partial charge in [-0.25, -0.2) is 0 Å². The number of hydrogen-bond acceptors (Lipinski definition) is 3. The van der Waals surface area contributed by atoms with E-state index in [1.807, 2.05) is 0 Å². The van der Waals surface area contributed by atoms with E-state index in [1.54, 1.807) is 4.90 Å². The van der Waals surface area contributed by atoms with E-state index in [0.717, 1.165) is 12.8 Å². The first kappa shape index (κ1) is 12.0. The Balaban J connectivity index is 2.14. The number of halogens is 1. The van der Waals surface area contributed by atoms with E-state index in [2.05, 4.69) is 0 Å². The fourth-order valence-corrected chi connectivity index (χ4v) is 2.12. The predicted octanol–water partition coefficient (Wildman–Crippen LogP) is 1.94. The third-order valence-corrected chi connectivity index (χ3v) is 3.36. The maximum Gasteiger partial charge on any atom is 0.257 e. The molecule has 92 valence electrons. The van der Waals surface area contributed by atoms with Crippen LogP contribution in [0, 0.1) is 0 Å². The van der Waals surface area contributed by atoms with Crippen LogP contribution >= 0.6 is 11.6 Å². The number of phenols is 2. The van der Waals surface area contributed by atoms with Crippen LogP contribution in [0.25, 0.3) is 0 Å². The van der Waals surface area contributed by atoms with Crippen LogP contribution in [0.3, 0.4) is 0 Å². The van der Waals surface area contributed by atoms with Gasteiger partial charge in [-0.2, -0.15) is 0 Å². The Morgan fingerprint density at radius 1 is 1.29 bits per heavy atom. The third kappa shape index (κ3) is 2.64. The van der Waals surface area contributed by atoms with Gasteiger partial charge in [-0.15, -0.1) is 11.6 Å². The summed E-state index contributed by atoms with van der Waals surface area (Å²) in [7, 11) is 0. The van der Waals surface area contributed by atoms with Gasteiger partial charge in [0.1, 0.15) is 11.5 Å². The van der Waals surface area contributed by atoms with Crippen LogP contribution in [0.4, 0.5) is 0 Å². The number of carbonyl (C=O) groups is 1. The van der Waals surface area contributed by atoms with Crippen molar-refractivity contribution in [2.45, 2.75) is 18.2 Å². The summed E-state index contributed by atoms with van der Waals surface area (Å²) in [6, 6.07) is 3.99. The Bertz CT molecular complexity index is 428. The summed E-state index contributed by atoms with van der Waals surface area (Å²) in [6.07, 6.45) is 1.54. The fourth-order valence-electron chi connectivity index (χ4n) is 1.92. The monoisotopic (exact) mass is 255 g/mol. The lowest BCUT2D eigenvalue weighted by atomic mass is 10.1. The number of rotatable bonds is 1. The Morgan fingerprint density at radius 3 is 2.53 bits per heavy atom. The molecule has 1 amide bonds. The first-order valence-corrected chi connectivity index (χ1v) is 5.97. The van der Waals surface area contributed by atoms with Gasteiger partial charge < -0.3 is 15.1 Å². The zero-order chi connectivity index (χ0) is 12.4. The molecular formula is C12H14ClNO3. The van der Waals surface area contributed by atoms with E-state index < -0.39 is 0 Å². The number of carbonyl (C=O) groups excluding carboxylic acids is 1. The van der Waals surface area contributed by atoms with Crippen molar-refractivity contribution in [3.05, 3.63) is 23.8 Å². The second-order valence-electron chi connectivity index (χ2n) is 4.17. The molecule has 4 nitrogen and oxygen atoms in total. The summed E-state index contributed by atoms with van der Waals surface area (Å²) in [4.78, 5) is 13.8. The predicted molar refractivity (Wildman–Crippen MR) is 64.6 cm³/mol. The summed E-state index contributed by atoms with van der Waals surface area (Å²) in [5.41, 5.74) is 0.218. The molecule has 1 aromatic carbocycles. The molecule has 5 heteroatoms. The number of piperidine rings is 1. The molecular weight excluding hydrogens is 242 g/mol. The van der Waals surface area contributed by atoms with Crippen molar-refractivity contribution in [1.82, 2.24) is 4.90 Å². The summed E-state index contributed by atoms with van der Waals surface area (Å²) < 4.78 is 0. The molecule has 2 N–H and O–H groups in total. The highest BCUT2D eigenvalue weighted by Crippen LogP contribution is 2.25. The maximum atomic E-state index is 12.1. The van der Waals surface area contributed by atoms with Crippen molar-refractivity contribution >= 4 is 17.5 Å². The zero-order valence-electron chi connectivity index (χ0n) is 9.27. The normalized spacial score (nSPS) is 17.1. The lowest BCUT2D eigenvalue weighted by Gasteiger charge is -2.29. The van der Waals surface area contributed by atoms with E-state index in [0.29, 0.717) is 13.1 Å². The van der Waals surface area contributed by atoms with Gasteiger partial charge in [0.15, 0.2) is 0 Å². The molecule has 1 aliphatic rings. The Morgan fingerprint density at radius 2 is 1.94 bits per heavy atom. The second-order valence-corrected chi connectivity index (χ2v) is 4.79. The van der Waals surface area contributed by atoms with Crippen LogP contribution in [0.15, 0.2) is 18.2 Å². The van der Waals surface area contributed by atoms with Crippen LogP contribution in [-0.2, 0) is 0 Å². The number of amides is 1. The third-order valence-electron chi connectivity index (χ3n) is 2.92. The standard InChI is InChI=1S/C12H14ClNO3/c13-8-3-5-14(6-4-8)12(17)10-2-1-9(15)7-11(10)16/h1-2,7-8,15-16H,3-6H2. The highest BCUT2D eigenvalue weighted by Gasteiger charge is 2.24. The molecule has 1 aromatic rings. The van der Waals surface area contributed by atoms with Crippen molar-refractivity contribution in [3.8, 4) is 11.5 Å². The van der Waals surface area contributed by atoms with E-state index in [1.165, 1.54) is 18.2 Å². The number of hydrogen-bond donors (Lipinski definition) is 2. The molecule has 0 unspecified atom stereocenters. The van der Waals surface area contributed by atoms with E-state index in [9.17, 15) is 9.90 Å². The van der Waals surface area contributed by atoms with Gasteiger partial charge >= 0.3 is 0 Å². The molecule has 1 heterocycles. The van der Waals surface area contributed by atoms with E-state index in [-0.39, 0.29) is 28.3 Å². The minimum absolute atomic E-state index is 0.0569. The van der Waals surface area contributed by atoms with Crippen molar-refractivity contribution in [2.75, 3.05) is 13.1 Å². The van der Waals surface area contributed by atoms with E-state index >= 15 is 0 Å². The molecule has 17 heavy (non-hydrogen) atoms. The minimum Gasteiger partial charge on any atom is -0.508 e. The van der Waals surface area contributed by atoms with Crippen LogP contribution in [0.2, 0.25) is 0 Å². The number of benzene rings is 1. The lowest BCUT2D eigenvalue weighted by Crippen LogP contribution is -2.38. The highest BCUT2D eigenvalue weighted by atomic mass is 35.5. The summed E-state index contributed by atoms with van der Waals surface area (Å²) in [6.45, 7) is 1.21. The van der Waals surface area contributed by atoms with Gasteiger partial charge in [-0.1, -0.05) is 0 Å². The van der Waals surface area contributed by atoms with Gasteiger partial charge in [0.25, 0.3) is 5.91 Å². The molecule has 1 saturated heterocycles. The number of phenolic OH excluding ortho intramolecular Hbond substituents is 2. The summed E-state index contributed by atoms with van der Waals surface area (Å²) in [5.74, 6) is -0.465. The molecule has 0 aliphatic carbocycles. The second kappa shape index (κ2) is 4.84. The number of nitrogens with zero attached hydrogens (tertiary/aromatic N) is 1. The molecule has 0 aromatic heterocycles. The largest absolute Gasteiger partial charge is 0.508 e. The molecule has 0 spiro atoms. The minimum atomic E-state index is -0.217. The molecule has 1 aliphatic heterocycles. The number of likely N-dealkylation sites (tertiary alicyclic amines) is 1. The Labute approximate surface area is 104 Å². The van der Waals surface area contributed by atoms with Crippen LogP contribution in [0.5, 0.6) is 11.5 Å². The van der Waals surface area contributed by atoms with Crippen LogP contribution < -0.4 is 0 Å². The Kier molecular flexibility index (Phi) is 3.43. The van der Waals surface area contributed by atoms with Gasteiger partial charge in [0, 0.05) is 24.5 Å². The van der Waals surface area contributed by atoms with Crippen molar-refractivity contribution in [2.24, 2.45) is 0 Å². The van der Waals surface area contributed by atoms with Gasteiger partial charge in [-0.3, -0.25) is 4.79 Å². The van der Waals surface area contributed by atoms with Crippen molar-refractivity contribution in [3.63, 3.8) is 0 Å². The fraction of sp³-hybridized carbons (Fsp3) is 0.417. The SMILES string of the molecule is O=C(c1ccc(O)cc1O)N1CCC(Cl)CC1. The molecule has 1 fully saturated rings. The van der Waals surface area contributed by atoms with E-state index in [4.69, 9.17) is 16.7 Å². The lowest BCUT2D eigenvalue weighted by molar-refractivity contribution is 0.0723. The topological polar surface area (TPSA) is 60.8 Å². The maximum absolute atomic E-state index is 12.1. The molecule has 0 atom stereocenters. The average Bonchev–Trinajstić information content (AvgIpc) is 2.29. The van der Waals surface area contributed by atoms with Crippen molar-refractivity contribution in [1.29, 1.82) is 0 Å². The quantitative estimate of drug-likeness (QED) is 0.754.